The molecule has 1 saturated heterocycles. The van der Waals surface area contributed by atoms with E-state index in [0.717, 1.165) is 11.1 Å². The highest BCUT2D eigenvalue weighted by Crippen LogP contribution is 2.30. The van der Waals surface area contributed by atoms with Crippen LogP contribution in [0.5, 0.6) is 0 Å². The van der Waals surface area contributed by atoms with E-state index in [2.05, 4.69) is 0 Å². The lowest BCUT2D eigenvalue weighted by molar-refractivity contribution is -0.133. The van der Waals surface area contributed by atoms with Gasteiger partial charge in [-0.2, -0.15) is 0 Å². The second-order valence-electron chi connectivity index (χ2n) is 7.34. The summed E-state index contributed by atoms with van der Waals surface area (Å²) in [6, 6.07) is 12.1. The van der Waals surface area contributed by atoms with Crippen molar-refractivity contribution >= 4 is 11.9 Å². The molecule has 1 aliphatic rings. The number of alkyl halides is 2. The summed E-state index contributed by atoms with van der Waals surface area (Å²) in [7, 11) is 0. The Balaban J connectivity index is 1.57. The number of halogens is 2. The number of likely N-dealkylation sites (tertiary alicyclic amines) is 1. The van der Waals surface area contributed by atoms with E-state index in [1.165, 1.54) is 12.1 Å². The van der Waals surface area contributed by atoms with Gasteiger partial charge in [-0.25, -0.2) is 13.6 Å². The van der Waals surface area contributed by atoms with Gasteiger partial charge in [0, 0.05) is 18.7 Å². The van der Waals surface area contributed by atoms with Crippen LogP contribution in [0.4, 0.5) is 8.78 Å². The molecule has 1 amide bonds. The van der Waals surface area contributed by atoms with Crippen molar-refractivity contribution in [3.63, 3.8) is 0 Å². The summed E-state index contributed by atoms with van der Waals surface area (Å²) in [5.74, 6) is -1.03. The zero-order chi connectivity index (χ0) is 21.0. The molecule has 2 aromatic rings. The molecule has 29 heavy (non-hydrogen) atoms. The Bertz CT molecular complexity index is 863. The van der Waals surface area contributed by atoms with Crippen molar-refractivity contribution in [2.24, 2.45) is 5.73 Å². The number of carbonyl (C=O) groups is 2. The molecule has 154 valence electrons. The maximum atomic E-state index is 12.7. The van der Waals surface area contributed by atoms with E-state index in [9.17, 15) is 23.5 Å². The third kappa shape index (κ3) is 4.98. The monoisotopic (exact) mass is 402 g/mol. The van der Waals surface area contributed by atoms with Gasteiger partial charge >= 0.3 is 5.97 Å². The lowest BCUT2D eigenvalue weighted by Gasteiger charge is -2.34. The Morgan fingerprint density at radius 1 is 1.07 bits per heavy atom. The second-order valence-corrected chi connectivity index (χ2v) is 7.34. The SMILES string of the molecule is NC(Cc1ccc(C(F)F)cc1)C(=O)N1CCC(c2ccccc2C(=O)O)CC1. The summed E-state index contributed by atoms with van der Waals surface area (Å²) in [4.78, 5) is 25.8. The Morgan fingerprint density at radius 2 is 1.69 bits per heavy atom. The maximum absolute atomic E-state index is 12.7. The van der Waals surface area contributed by atoms with Crippen molar-refractivity contribution in [2.75, 3.05) is 13.1 Å². The largest absolute Gasteiger partial charge is 0.478 e. The molecule has 0 aromatic heterocycles. The van der Waals surface area contributed by atoms with Crippen LogP contribution in [0.15, 0.2) is 48.5 Å². The van der Waals surface area contributed by atoms with E-state index in [0.29, 0.717) is 31.5 Å². The minimum Gasteiger partial charge on any atom is -0.478 e. The summed E-state index contributed by atoms with van der Waals surface area (Å²) in [5.41, 5.74) is 7.86. The van der Waals surface area contributed by atoms with Crippen molar-refractivity contribution < 1.29 is 23.5 Å². The number of piperidine rings is 1. The van der Waals surface area contributed by atoms with Crippen LogP contribution >= 0.6 is 0 Å². The molecule has 0 spiro atoms. The van der Waals surface area contributed by atoms with Gasteiger partial charge in [0.15, 0.2) is 0 Å². The first kappa shape index (κ1) is 20.9. The number of rotatable bonds is 6. The third-order valence-electron chi connectivity index (χ3n) is 5.44. The highest BCUT2D eigenvalue weighted by Gasteiger charge is 2.28. The number of carboxylic acid groups (broad SMARTS) is 1. The predicted octanol–water partition coefficient (Wildman–Crippen LogP) is 3.60. The summed E-state index contributed by atoms with van der Waals surface area (Å²) in [5, 5.41) is 9.37. The summed E-state index contributed by atoms with van der Waals surface area (Å²) >= 11 is 0. The minimum absolute atomic E-state index is 0.0580. The Kier molecular flexibility index (Phi) is 6.59. The Hall–Kier alpha value is -2.80. The van der Waals surface area contributed by atoms with Gasteiger partial charge in [-0.3, -0.25) is 4.79 Å². The number of benzene rings is 2. The van der Waals surface area contributed by atoms with Gasteiger partial charge in [0.05, 0.1) is 11.6 Å². The molecule has 7 heteroatoms. The van der Waals surface area contributed by atoms with Crippen LogP contribution < -0.4 is 5.73 Å². The molecule has 1 fully saturated rings. The number of hydrogen-bond acceptors (Lipinski definition) is 3. The molecule has 1 atom stereocenters. The number of carbonyl (C=O) groups excluding carboxylic acids is 1. The van der Waals surface area contributed by atoms with Crippen LogP contribution in [-0.2, 0) is 11.2 Å². The molecule has 1 heterocycles. The predicted molar refractivity (Wildman–Crippen MR) is 105 cm³/mol. The number of aromatic carboxylic acids is 1. The second kappa shape index (κ2) is 9.13. The van der Waals surface area contributed by atoms with E-state index < -0.39 is 18.4 Å². The average Bonchev–Trinajstić information content (AvgIpc) is 2.73. The molecule has 0 bridgehead atoms. The fourth-order valence-electron chi connectivity index (χ4n) is 3.83. The first-order valence-corrected chi connectivity index (χ1v) is 9.60. The molecule has 2 aromatic carbocycles. The number of amides is 1. The van der Waals surface area contributed by atoms with Gasteiger partial charge in [0.2, 0.25) is 5.91 Å². The first-order valence-electron chi connectivity index (χ1n) is 9.60. The lowest BCUT2D eigenvalue weighted by atomic mass is 9.86. The fourth-order valence-corrected chi connectivity index (χ4v) is 3.83. The van der Waals surface area contributed by atoms with E-state index in [-0.39, 0.29) is 23.8 Å². The van der Waals surface area contributed by atoms with Gasteiger partial charge in [-0.1, -0.05) is 42.5 Å². The highest BCUT2D eigenvalue weighted by molar-refractivity contribution is 5.89. The van der Waals surface area contributed by atoms with Gasteiger partial charge in [0.25, 0.3) is 6.43 Å². The zero-order valence-corrected chi connectivity index (χ0v) is 15.9. The van der Waals surface area contributed by atoms with Crippen LogP contribution in [0, 0.1) is 0 Å². The molecular formula is C22H24F2N2O3. The standard InChI is InChI=1S/C22H24F2N2O3/c23-20(24)16-7-5-14(6-8-16)13-19(25)21(27)26-11-9-15(10-12-26)17-3-1-2-4-18(17)22(28)29/h1-8,15,19-20H,9-13,25H2,(H,28,29). The van der Waals surface area contributed by atoms with Crippen molar-refractivity contribution in [3.8, 4) is 0 Å². The average molecular weight is 402 g/mol. The van der Waals surface area contributed by atoms with Crippen molar-refractivity contribution in [3.05, 3.63) is 70.8 Å². The molecule has 0 aliphatic carbocycles. The third-order valence-corrected chi connectivity index (χ3v) is 5.44. The normalized spacial score (nSPS) is 16.1. The van der Waals surface area contributed by atoms with Gasteiger partial charge < -0.3 is 15.7 Å². The molecular weight excluding hydrogens is 378 g/mol. The molecule has 1 unspecified atom stereocenters. The first-order chi connectivity index (χ1) is 13.9. The van der Waals surface area contributed by atoms with E-state index in [4.69, 9.17) is 5.73 Å². The molecule has 1 aliphatic heterocycles. The van der Waals surface area contributed by atoms with E-state index in [1.807, 2.05) is 12.1 Å². The van der Waals surface area contributed by atoms with Crippen LogP contribution in [-0.4, -0.2) is 41.0 Å². The topological polar surface area (TPSA) is 83.6 Å². The van der Waals surface area contributed by atoms with Crippen molar-refractivity contribution in [1.29, 1.82) is 0 Å². The number of nitrogens with two attached hydrogens (primary N) is 1. The van der Waals surface area contributed by atoms with Crippen molar-refractivity contribution in [1.82, 2.24) is 4.90 Å². The van der Waals surface area contributed by atoms with E-state index in [1.54, 1.807) is 29.2 Å². The lowest BCUT2D eigenvalue weighted by Crippen LogP contribution is -2.47. The summed E-state index contributed by atoms with van der Waals surface area (Å²) < 4.78 is 25.3. The number of carboxylic acids is 1. The smallest absolute Gasteiger partial charge is 0.335 e. The molecule has 0 saturated carbocycles. The Morgan fingerprint density at radius 3 is 2.28 bits per heavy atom. The van der Waals surface area contributed by atoms with Gasteiger partial charge in [-0.15, -0.1) is 0 Å². The summed E-state index contributed by atoms with van der Waals surface area (Å²) in [6.45, 7) is 1.02. The number of nitrogens with zero attached hydrogens (tertiary/aromatic N) is 1. The van der Waals surface area contributed by atoms with E-state index >= 15 is 0 Å². The molecule has 0 radical (unpaired) electrons. The van der Waals surface area contributed by atoms with Crippen LogP contribution in [0.2, 0.25) is 0 Å². The highest BCUT2D eigenvalue weighted by atomic mass is 19.3. The quantitative estimate of drug-likeness (QED) is 0.773. The Labute approximate surface area is 168 Å². The molecule has 3 N–H and O–H groups in total. The molecule has 3 rings (SSSR count). The van der Waals surface area contributed by atoms with Crippen LogP contribution in [0.1, 0.15) is 52.2 Å². The van der Waals surface area contributed by atoms with Crippen LogP contribution in [0.25, 0.3) is 0 Å². The summed E-state index contributed by atoms with van der Waals surface area (Å²) in [6.07, 6.45) is -0.895. The number of hydrogen-bond donors (Lipinski definition) is 2. The fraction of sp³-hybridized carbons (Fsp3) is 0.364. The zero-order valence-electron chi connectivity index (χ0n) is 15.9. The van der Waals surface area contributed by atoms with Gasteiger partial charge in [0.1, 0.15) is 0 Å². The van der Waals surface area contributed by atoms with Gasteiger partial charge in [-0.05, 0) is 42.4 Å². The minimum atomic E-state index is -2.52. The van der Waals surface area contributed by atoms with Crippen molar-refractivity contribution in [2.45, 2.75) is 37.6 Å². The molecule has 5 nitrogen and oxygen atoms in total. The maximum Gasteiger partial charge on any atom is 0.335 e. The van der Waals surface area contributed by atoms with Crippen LogP contribution in [0.3, 0.4) is 0 Å².